The van der Waals surface area contributed by atoms with E-state index in [1.165, 1.54) is 16.5 Å². The molecule has 0 spiro atoms. The van der Waals surface area contributed by atoms with E-state index in [1.807, 2.05) is 18.2 Å². The molecule has 1 N–H and O–H groups in total. The second-order valence-electron chi connectivity index (χ2n) is 5.05. The molecule has 0 radical (unpaired) electrons. The fraction of sp³-hybridized carbons (Fsp3) is 0.111. The zero-order valence-corrected chi connectivity index (χ0v) is 14.0. The number of aryl methyl sites for hydroxylation is 1. The average Bonchev–Trinajstić information content (AvgIpc) is 2.63. The number of H-pyrrole nitrogens is 1. The third kappa shape index (κ3) is 3.22. The van der Waals surface area contributed by atoms with E-state index < -0.39 is 0 Å². The van der Waals surface area contributed by atoms with Crippen molar-refractivity contribution in [2.24, 2.45) is 0 Å². The van der Waals surface area contributed by atoms with Crippen molar-refractivity contribution in [3.63, 3.8) is 0 Å². The van der Waals surface area contributed by atoms with E-state index >= 15 is 0 Å². The van der Waals surface area contributed by atoms with Crippen LogP contribution in [0.1, 0.15) is 17.7 Å². The number of benzene rings is 1. The number of aromatic nitrogens is 1. The maximum atomic E-state index is 6.00. The summed E-state index contributed by atoms with van der Waals surface area (Å²) in [4.78, 5) is 3.46. The van der Waals surface area contributed by atoms with Crippen LogP contribution in [0.4, 0.5) is 0 Å². The second kappa shape index (κ2) is 6.08. The first-order valence-corrected chi connectivity index (χ1v) is 8.00. The highest BCUT2D eigenvalue weighted by Crippen LogP contribution is 2.26. The van der Waals surface area contributed by atoms with Crippen LogP contribution in [0.3, 0.4) is 0 Å². The molecule has 0 atom stereocenters. The molecule has 0 fully saturated rings. The molecule has 0 saturated carbocycles. The summed E-state index contributed by atoms with van der Waals surface area (Å²) in [6.07, 6.45) is 13.2. The van der Waals surface area contributed by atoms with Crippen LogP contribution in [-0.4, -0.2) is 4.98 Å². The molecule has 1 aromatic heterocycles. The first-order valence-electron chi connectivity index (χ1n) is 6.83. The third-order valence-electron chi connectivity index (χ3n) is 3.60. The number of nitrogens with one attached hydrogen (secondary N) is 1. The average molecular weight is 361 g/mol. The number of halogens is 2. The minimum atomic E-state index is 0.793. The lowest BCUT2D eigenvalue weighted by Crippen LogP contribution is -1.76. The number of allylic oxidation sites excluding steroid dienone is 7. The van der Waals surface area contributed by atoms with E-state index in [9.17, 15) is 0 Å². The largest absolute Gasteiger partial charge is 0.355 e. The fourth-order valence-corrected chi connectivity index (χ4v) is 2.93. The van der Waals surface area contributed by atoms with E-state index in [2.05, 4.69) is 64.3 Å². The summed E-state index contributed by atoms with van der Waals surface area (Å²) >= 11 is 9.51. The van der Waals surface area contributed by atoms with Gasteiger partial charge in [0, 0.05) is 26.1 Å². The van der Waals surface area contributed by atoms with Gasteiger partial charge in [-0.1, -0.05) is 57.9 Å². The minimum absolute atomic E-state index is 0.793. The van der Waals surface area contributed by atoms with Crippen molar-refractivity contribution in [3.05, 3.63) is 74.9 Å². The first kappa shape index (κ1) is 14.4. The van der Waals surface area contributed by atoms with Gasteiger partial charge in [0.05, 0.1) is 0 Å². The number of hydrogen-bond donors (Lipinski definition) is 1. The Morgan fingerprint density at radius 3 is 2.90 bits per heavy atom. The Bertz CT molecular complexity index is 806. The maximum Gasteiger partial charge on any atom is 0.0472 e. The van der Waals surface area contributed by atoms with Gasteiger partial charge in [-0.25, -0.2) is 0 Å². The van der Waals surface area contributed by atoms with Crippen molar-refractivity contribution in [1.29, 1.82) is 0 Å². The van der Waals surface area contributed by atoms with Crippen molar-refractivity contribution < 1.29 is 0 Å². The zero-order chi connectivity index (χ0) is 14.8. The van der Waals surface area contributed by atoms with E-state index in [0.29, 0.717) is 0 Å². The predicted molar refractivity (Wildman–Crippen MR) is 95.5 cm³/mol. The Kier molecular flexibility index (Phi) is 4.18. The van der Waals surface area contributed by atoms with Crippen LogP contribution in [0, 0.1) is 6.92 Å². The lowest BCUT2D eigenvalue weighted by Gasteiger charge is -1.94. The highest BCUT2D eigenvalue weighted by molar-refractivity contribution is 9.10. The highest BCUT2D eigenvalue weighted by atomic mass is 79.9. The molecule has 1 aliphatic rings. The number of rotatable bonds is 2. The monoisotopic (exact) mass is 359 g/mol. The lowest BCUT2D eigenvalue weighted by atomic mass is 10.1. The molecule has 106 valence electrons. The molecule has 1 nitrogen and oxygen atoms in total. The van der Waals surface area contributed by atoms with Gasteiger partial charge in [-0.15, -0.1) is 0 Å². The topological polar surface area (TPSA) is 15.8 Å². The van der Waals surface area contributed by atoms with Gasteiger partial charge in [-0.05, 0) is 48.8 Å². The molecule has 1 aromatic carbocycles. The van der Waals surface area contributed by atoms with Gasteiger partial charge in [0.15, 0.2) is 0 Å². The minimum Gasteiger partial charge on any atom is -0.355 e. The molecule has 0 aliphatic heterocycles. The summed E-state index contributed by atoms with van der Waals surface area (Å²) < 4.78 is 1.09. The van der Waals surface area contributed by atoms with Crippen molar-refractivity contribution in [1.82, 2.24) is 4.98 Å². The van der Waals surface area contributed by atoms with Gasteiger partial charge < -0.3 is 4.98 Å². The van der Waals surface area contributed by atoms with Crippen LogP contribution in [0.25, 0.3) is 17.0 Å². The molecular weight excluding hydrogens is 346 g/mol. The van der Waals surface area contributed by atoms with E-state index in [0.717, 1.165) is 27.1 Å². The molecule has 0 amide bonds. The molecule has 0 saturated heterocycles. The van der Waals surface area contributed by atoms with Crippen molar-refractivity contribution in [2.75, 3.05) is 0 Å². The van der Waals surface area contributed by atoms with Gasteiger partial charge in [0.25, 0.3) is 0 Å². The van der Waals surface area contributed by atoms with E-state index in [4.69, 9.17) is 11.6 Å². The molecule has 1 heterocycles. The summed E-state index contributed by atoms with van der Waals surface area (Å²) in [5.74, 6) is 0. The van der Waals surface area contributed by atoms with Crippen molar-refractivity contribution in [3.8, 4) is 0 Å². The van der Waals surface area contributed by atoms with Crippen LogP contribution in [-0.2, 0) is 0 Å². The van der Waals surface area contributed by atoms with Crippen LogP contribution >= 0.6 is 27.5 Å². The zero-order valence-electron chi connectivity index (χ0n) is 11.7. The lowest BCUT2D eigenvalue weighted by molar-refractivity contribution is 1.36. The number of hydrogen-bond acceptors (Lipinski definition) is 0. The van der Waals surface area contributed by atoms with Crippen molar-refractivity contribution >= 4 is 44.5 Å². The second-order valence-corrected chi connectivity index (χ2v) is 6.40. The van der Waals surface area contributed by atoms with Gasteiger partial charge in [0.1, 0.15) is 0 Å². The molecule has 3 rings (SSSR count). The molecule has 0 unspecified atom stereocenters. The summed E-state index contributed by atoms with van der Waals surface area (Å²) in [5, 5.41) is 2.05. The van der Waals surface area contributed by atoms with Gasteiger partial charge in [-0.2, -0.15) is 0 Å². The number of aromatic amines is 1. The maximum absolute atomic E-state index is 6.00. The third-order valence-corrected chi connectivity index (χ3v) is 4.38. The highest BCUT2D eigenvalue weighted by Gasteiger charge is 2.05. The Balaban J connectivity index is 1.91. The van der Waals surface area contributed by atoms with Crippen LogP contribution in [0.2, 0.25) is 0 Å². The van der Waals surface area contributed by atoms with Crippen molar-refractivity contribution in [2.45, 2.75) is 13.3 Å². The van der Waals surface area contributed by atoms with Gasteiger partial charge in [-0.3, -0.25) is 0 Å². The fourth-order valence-electron chi connectivity index (χ4n) is 2.42. The molecule has 3 heteroatoms. The summed E-state index contributed by atoms with van der Waals surface area (Å²) in [7, 11) is 0. The molecule has 21 heavy (non-hydrogen) atoms. The molecular formula is C18H15BrClN. The van der Waals surface area contributed by atoms with Gasteiger partial charge >= 0.3 is 0 Å². The standard InChI is InChI=1S/C18H15BrClN/c1-12-16-9-7-14(19)11-18(16)21-17(12)10-6-13-3-2-4-15(20)8-5-13/h3-11,21H,2H2,1H3/b10-6+. The van der Waals surface area contributed by atoms with Crippen LogP contribution in [0.5, 0.6) is 0 Å². The molecule has 0 bridgehead atoms. The Morgan fingerprint density at radius 2 is 2.05 bits per heavy atom. The number of fused-ring (bicyclic) bond motifs is 1. The summed E-state index contributed by atoms with van der Waals surface area (Å²) in [6.45, 7) is 2.14. The smallest absolute Gasteiger partial charge is 0.0472 e. The Labute approximate surface area is 137 Å². The predicted octanol–water partition coefficient (Wildman–Crippen LogP) is 6.26. The molecule has 2 aromatic rings. The van der Waals surface area contributed by atoms with Crippen LogP contribution in [0.15, 0.2) is 63.7 Å². The SMILES string of the molecule is Cc1c(/C=C/C2=CCC=C(Cl)C=C2)[nH]c2cc(Br)ccc12. The summed E-state index contributed by atoms with van der Waals surface area (Å²) in [6, 6.07) is 6.31. The Hall–Kier alpha value is -1.51. The quantitative estimate of drug-likeness (QED) is 0.650. The summed E-state index contributed by atoms with van der Waals surface area (Å²) in [5.41, 5.74) is 4.72. The van der Waals surface area contributed by atoms with Crippen LogP contribution < -0.4 is 0 Å². The Morgan fingerprint density at radius 1 is 1.19 bits per heavy atom. The normalized spacial score (nSPS) is 15.4. The molecule has 1 aliphatic carbocycles. The van der Waals surface area contributed by atoms with Gasteiger partial charge in [0.2, 0.25) is 0 Å². The van der Waals surface area contributed by atoms with E-state index in [-0.39, 0.29) is 0 Å². The van der Waals surface area contributed by atoms with E-state index in [1.54, 1.807) is 0 Å². The first-order chi connectivity index (χ1) is 10.1.